The first-order chi connectivity index (χ1) is 11.9. The summed E-state index contributed by atoms with van der Waals surface area (Å²) in [6, 6.07) is 15.9. The van der Waals surface area contributed by atoms with Crippen molar-refractivity contribution >= 4 is 27.0 Å². The van der Waals surface area contributed by atoms with Crippen LogP contribution < -0.4 is 4.72 Å². The molecule has 1 aromatic heterocycles. The maximum atomic E-state index is 13.0. The van der Waals surface area contributed by atoms with Crippen LogP contribution in [0.15, 0.2) is 60.0 Å². The Labute approximate surface area is 151 Å². The normalized spacial score (nSPS) is 11.7. The molecule has 3 nitrogen and oxygen atoms in total. The second-order valence-corrected chi connectivity index (χ2v) is 9.10. The van der Waals surface area contributed by atoms with E-state index in [9.17, 15) is 12.8 Å². The fourth-order valence-electron chi connectivity index (χ4n) is 2.34. The van der Waals surface area contributed by atoms with Gasteiger partial charge in [0.15, 0.2) is 0 Å². The molecular weight excluding hydrogens is 357 g/mol. The van der Waals surface area contributed by atoms with Gasteiger partial charge in [-0.05, 0) is 54.1 Å². The van der Waals surface area contributed by atoms with Crippen molar-refractivity contribution in [2.45, 2.75) is 19.1 Å². The highest BCUT2D eigenvalue weighted by atomic mass is 32.2. The second-order valence-electron chi connectivity index (χ2n) is 5.94. The molecule has 0 aliphatic rings. The molecule has 0 unspecified atom stereocenters. The fraction of sp³-hybridized carbons (Fsp3) is 0.158. The molecule has 6 heteroatoms. The lowest BCUT2D eigenvalue weighted by Gasteiger charge is -2.11. The van der Waals surface area contributed by atoms with Crippen molar-refractivity contribution in [1.82, 2.24) is 0 Å². The van der Waals surface area contributed by atoms with Crippen LogP contribution >= 0.6 is 11.3 Å². The van der Waals surface area contributed by atoms with E-state index in [4.69, 9.17) is 0 Å². The first-order valence-corrected chi connectivity index (χ1v) is 10.2. The van der Waals surface area contributed by atoms with E-state index in [-0.39, 0.29) is 5.82 Å². The van der Waals surface area contributed by atoms with Gasteiger partial charge >= 0.3 is 0 Å². The van der Waals surface area contributed by atoms with Gasteiger partial charge < -0.3 is 0 Å². The van der Waals surface area contributed by atoms with Crippen LogP contribution in [-0.2, 0) is 10.0 Å². The summed E-state index contributed by atoms with van der Waals surface area (Å²) in [6.45, 7) is 3.29. The van der Waals surface area contributed by atoms with Crippen molar-refractivity contribution in [2.75, 3.05) is 4.72 Å². The van der Waals surface area contributed by atoms with E-state index in [0.717, 1.165) is 21.6 Å². The Morgan fingerprint density at radius 2 is 1.40 bits per heavy atom. The van der Waals surface area contributed by atoms with Crippen molar-refractivity contribution in [2.24, 2.45) is 0 Å². The van der Waals surface area contributed by atoms with Crippen LogP contribution in [0.1, 0.15) is 13.8 Å². The van der Waals surface area contributed by atoms with E-state index >= 15 is 0 Å². The third-order valence-electron chi connectivity index (χ3n) is 3.86. The van der Waals surface area contributed by atoms with Gasteiger partial charge in [-0.25, -0.2) is 12.8 Å². The zero-order chi connectivity index (χ0) is 18.0. The molecule has 0 saturated carbocycles. The number of benzene rings is 2. The summed E-state index contributed by atoms with van der Waals surface area (Å²) in [5.74, 6) is -0.263. The van der Waals surface area contributed by atoms with Crippen LogP contribution in [0.25, 0.3) is 21.6 Å². The maximum absolute atomic E-state index is 13.0. The second kappa shape index (κ2) is 6.98. The van der Waals surface area contributed by atoms with E-state index < -0.39 is 15.3 Å². The van der Waals surface area contributed by atoms with Crippen LogP contribution in [0.5, 0.6) is 0 Å². The summed E-state index contributed by atoms with van der Waals surface area (Å²) in [5, 5.41) is 1.36. The molecule has 130 valence electrons. The molecule has 3 aromatic rings. The Morgan fingerprint density at radius 3 is 1.96 bits per heavy atom. The van der Waals surface area contributed by atoms with Gasteiger partial charge in [0.1, 0.15) is 5.82 Å². The minimum Gasteiger partial charge on any atom is -0.282 e. The lowest BCUT2D eigenvalue weighted by molar-refractivity contribution is 0.593. The zero-order valence-electron chi connectivity index (χ0n) is 13.9. The topological polar surface area (TPSA) is 46.2 Å². The third kappa shape index (κ3) is 3.91. The summed E-state index contributed by atoms with van der Waals surface area (Å²) in [7, 11) is -3.39. The number of sulfonamides is 1. The number of anilines is 1. The zero-order valence-corrected chi connectivity index (χ0v) is 15.5. The van der Waals surface area contributed by atoms with E-state index in [0.29, 0.717) is 5.69 Å². The van der Waals surface area contributed by atoms with Gasteiger partial charge in [-0.15, -0.1) is 11.3 Å². The molecule has 0 spiro atoms. The van der Waals surface area contributed by atoms with Gasteiger partial charge in [-0.2, -0.15) is 0 Å². The smallest absolute Gasteiger partial charge is 0.235 e. The quantitative estimate of drug-likeness (QED) is 0.651. The van der Waals surface area contributed by atoms with Gasteiger partial charge in [0.05, 0.1) is 15.8 Å². The highest BCUT2D eigenvalue weighted by molar-refractivity contribution is 7.93. The van der Waals surface area contributed by atoms with Gasteiger partial charge in [-0.1, -0.05) is 36.4 Å². The molecule has 0 fully saturated rings. The predicted molar refractivity (Wildman–Crippen MR) is 103 cm³/mol. The Morgan fingerprint density at radius 1 is 0.880 bits per heavy atom. The predicted octanol–water partition coefficient (Wildman–Crippen LogP) is 5.37. The highest BCUT2D eigenvalue weighted by Crippen LogP contribution is 2.35. The average molecular weight is 375 g/mol. The summed E-state index contributed by atoms with van der Waals surface area (Å²) < 4.78 is 39.9. The van der Waals surface area contributed by atoms with Gasteiger partial charge in [0, 0.05) is 0 Å². The van der Waals surface area contributed by atoms with Crippen molar-refractivity contribution in [1.29, 1.82) is 0 Å². The molecule has 0 bridgehead atoms. The summed E-state index contributed by atoms with van der Waals surface area (Å²) in [4.78, 5) is 0.870. The van der Waals surface area contributed by atoms with Crippen LogP contribution in [0, 0.1) is 5.82 Å². The molecule has 0 amide bonds. The first-order valence-electron chi connectivity index (χ1n) is 7.82. The molecule has 1 heterocycles. The third-order valence-corrected chi connectivity index (χ3v) is 6.57. The van der Waals surface area contributed by atoms with Gasteiger partial charge in [-0.3, -0.25) is 4.72 Å². The first kappa shape index (κ1) is 17.6. The van der Waals surface area contributed by atoms with Crippen molar-refractivity contribution in [3.63, 3.8) is 0 Å². The van der Waals surface area contributed by atoms with Crippen molar-refractivity contribution in [3.8, 4) is 21.6 Å². The number of thiophene rings is 1. The molecule has 2 aromatic carbocycles. The van der Waals surface area contributed by atoms with Crippen molar-refractivity contribution < 1.29 is 12.8 Å². The molecule has 0 aliphatic carbocycles. The van der Waals surface area contributed by atoms with Gasteiger partial charge in [0.25, 0.3) is 0 Å². The monoisotopic (exact) mass is 375 g/mol. The van der Waals surface area contributed by atoms with Gasteiger partial charge in [0.2, 0.25) is 10.0 Å². The standard InChI is InChI=1S/C19H18FNO2S2/c1-13(2)25(22,23)21-18-11-12-24-19(18)16-5-3-14(4-6-16)15-7-9-17(20)10-8-15/h3-13,21H,1-2H3. The van der Waals surface area contributed by atoms with E-state index in [1.54, 1.807) is 32.0 Å². The number of nitrogens with one attached hydrogen (secondary N) is 1. The minimum atomic E-state index is -3.39. The molecule has 0 saturated heterocycles. The lowest BCUT2D eigenvalue weighted by atomic mass is 10.0. The Kier molecular flexibility index (Phi) is 4.92. The average Bonchev–Trinajstić information content (AvgIpc) is 3.03. The Bertz CT molecular complexity index is 959. The summed E-state index contributed by atoms with van der Waals surface area (Å²) >= 11 is 1.48. The summed E-state index contributed by atoms with van der Waals surface area (Å²) in [6.07, 6.45) is 0. The number of hydrogen-bond acceptors (Lipinski definition) is 3. The molecule has 0 aliphatic heterocycles. The van der Waals surface area contributed by atoms with Crippen LogP contribution in [0.3, 0.4) is 0 Å². The van der Waals surface area contributed by atoms with Crippen LogP contribution in [0.2, 0.25) is 0 Å². The van der Waals surface area contributed by atoms with E-state index in [1.807, 2.05) is 29.6 Å². The molecule has 1 N–H and O–H groups in total. The fourth-order valence-corrected chi connectivity index (χ4v) is 3.98. The molecular formula is C19H18FNO2S2. The number of rotatable bonds is 5. The minimum absolute atomic E-state index is 0.263. The van der Waals surface area contributed by atoms with E-state index in [2.05, 4.69) is 4.72 Å². The Balaban J connectivity index is 1.89. The molecule has 3 rings (SSSR count). The van der Waals surface area contributed by atoms with Crippen LogP contribution in [-0.4, -0.2) is 13.7 Å². The largest absolute Gasteiger partial charge is 0.282 e. The SMILES string of the molecule is CC(C)S(=O)(=O)Nc1ccsc1-c1ccc(-c2ccc(F)cc2)cc1. The number of hydrogen-bond donors (Lipinski definition) is 1. The highest BCUT2D eigenvalue weighted by Gasteiger charge is 2.18. The lowest BCUT2D eigenvalue weighted by Crippen LogP contribution is -2.22. The van der Waals surface area contributed by atoms with Crippen LogP contribution in [0.4, 0.5) is 10.1 Å². The molecule has 25 heavy (non-hydrogen) atoms. The molecule has 0 atom stereocenters. The summed E-state index contributed by atoms with van der Waals surface area (Å²) in [5.41, 5.74) is 3.43. The molecule has 0 radical (unpaired) electrons. The maximum Gasteiger partial charge on any atom is 0.235 e. The number of halogens is 1. The Hall–Kier alpha value is -2.18. The van der Waals surface area contributed by atoms with Crippen molar-refractivity contribution in [3.05, 3.63) is 65.8 Å². The van der Waals surface area contributed by atoms with E-state index in [1.165, 1.54) is 23.5 Å².